The van der Waals surface area contributed by atoms with E-state index in [4.69, 9.17) is 0 Å². The van der Waals surface area contributed by atoms with Crippen LogP contribution in [-0.2, 0) is 0 Å². The van der Waals surface area contributed by atoms with Crippen molar-refractivity contribution in [3.63, 3.8) is 0 Å². The monoisotopic (exact) mass is 277 g/mol. The van der Waals surface area contributed by atoms with E-state index in [0.717, 1.165) is 32.7 Å². The van der Waals surface area contributed by atoms with E-state index in [1.54, 1.807) is 12.4 Å². The number of piperazine rings is 1. The van der Waals surface area contributed by atoms with Crippen LogP contribution in [-0.4, -0.2) is 64.4 Å². The first-order valence-corrected chi connectivity index (χ1v) is 7.20. The fraction of sp³-hybridized carbons (Fsp3) is 0.643. The van der Waals surface area contributed by atoms with Crippen molar-refractivity contribution in [1.29, 1.82) is 0 Å². The van der Waals surface area contributed by atoms with Gasteiger partial charge in [-0.05, 0) is 20.4 Å². The molecule has 1 amide bonds. The number of aromatic nitrogens is 2. The molecule has 1 aliphatic rings. The summed E-state index contributed by atoms with van der Waals surface area (Å²) in [4.78, 5) is 24.9. The lowest BCUT2D eigenvalue weighted by atomic mass is 10.2. The molecule has 0 spiro atoms. The zero-order valence-corrected chi connectivity index (χ0v) is 12.5. The van der Waals surface area contributed by atoms with E-state index in [1.165, 1.54) is 0 Å². The third-order valence-electron chi connectivity index (χ3n) is 3.42. The van der Waals surface area contributed by atoms with Gasteiger partial charge in [-0.15, -0.1) is 0 Å². The molecule has 2 rings (SSSR count). The summed E-state index contributed by atoms with van der Waals surface area (Å²) in [5.74, 6) is 0.587. The molecular formula is C14H23N5O. The minimum atomic E-state index is 0.0249. The highest BCUT2D eigenvalue weighted by molar-refractivity contribution is 5.93. The molecular weight excluding hydrogens is 254 g/mol. The lowest BCUT2D eigenvalue weighted by Crippen LogP contribution is -2.48. The number of nitrogens with one attached hydrogen (secondary N) is 1. The second-order valence-electron chi connectivity index (χ2n) is 5.32. The number of hydrogen-bond donors (Lipinski definition) is 1. The van der Waals surface area contributed by atoms with Crippen LogP contribution in [0.15, 0.2) is 12.4 Å². The first-order valence-electron chi connectivity index (χ1n) is 7.20. The first-order chi connectivity index (χ1) is 9.60. The zero-order valence-electron chi connectivity index (χ0n) is 12.5. The number of carbonyl (C=O) groups excluding carboxylic acids is 1. The Kier molecular flexibility index (Phi) is 4.89. The Balaban J connectivity index is 1.95. The van der Waals surface area contributed by atoms with Crippen molar-refractivity contribution in [2.45, 2.75) is 26.8 Å². The lowest BCUT2D eigenvalue weighted by molar-refractivity contribution is 0.0642. The second-order valence-corrected chi connectivity index (χ2v) is 5.32. The van der Waals surface area contributed by atoms with Crippen molar-refractivity contribution in [3.05, 3.63) is 18.0 Å². The third-order valence-corrected chi connectivity index (χ3v) is 3.42. The fourth-order valence-corrected chi connectivity index (χ4v) is 2.22. The number of carbonyl (C=O) groups is 1. The molecule has 0 aliphatic carbocycles. The molecule has 1 aromatic heterocycles. The highest BCUT2D eigenvalue weighted by Gasteiger charge is 2.21. The smallest absolute Gasteiger partial charge is 0.257 e. The predicted molar refractivity (Wildman–Crippen MR) is 78.8 cm³/mol. The minimum Gasteiger partial charge on any atom is -0.352 e. The maximum absolute atomic E-state index is 12.3. The molecule has 0 unspecified atom stereocenters. The lowest BCUT2D eigenvalue weighted by Gasteiger charge is -2.33. The molecule has 1 fully saturated rings. The third kappa shape index (κ3) is 3.66. The van der Waals surface area contributed by atoms with Gasteiger partial charge in [0.15, 0.2) is 0 Å². The Labute approximate surface area is 120 Å². The van der Waals surface area contributed by atoms with Crippen LogP contribution >= 0.6 is 0 Å². The van der Waals surface area contributed by atoms with Crippen LogP contribution in [0.3, 0.4) is 0 Å². The van der Waals surface area contributed by atoms with Crippen LogP contribution < -0.4 is 5.32 Å². The fourth-order valence-electron chi connectivity index (χ4n) is 2.22. The molecule has 1 aromatic rings. The maximum Gasteiger partial charge on any atom is 0.257 e. The largest absolute Gasteiger partial charge is 0.352 e. The number of anilines is 1. The number of amides is 1. The van der Waals surface area contributed by atoms with E-state index in [1.807, 2.05) is 18.7 Å². The molecule has 1 N–H and O–H groups in total. The standard InChI is InChI=1S/C14H23N5O/c1-4-18-5-7-19(8-6-18)13(20)12-9-15-14(16-10-12)17-11(2)3/h9-11H,4-8H2,1-3H3,(H,15,16,17). The van der Waals surface area contributed by atoms with Gasteiger partial charge in [0.05, 0.1) is 5.56 Å². The molecule has 1 saturated heterocycles. The van der Waals surface area contributed by atoms with Gasteiger partial charge in [0, 0.05) is 44.6 Å². The summed E-state index contributed by atoms with van der Waals surface area (Å²) < 4.78 is 0. The molecule has 20 heavy (non-hydrogen) atoms. The molecule has 0 radical (unpaired) electrons. The van der Waals surface area contributed by atoms with Crippen LogP contribution in [0.1, 0.15) is 31.1 Å². The van der Waals surface area contributed by atoms with Gasteiger partial charge in [-0.1, -0.05) is 6.92 Å². The minimum absolute atomic E-state index is 0.0249. The van der Waals surface area contributed by atoms with Crippen molar-refractivity contribution in [2.24, 2.45) is 0 Å². The van der Waals surface area contributed by atoms with Gasteiger partial charge in [0.2, 0.25) is 5.95 Å². The maximum atomic E-state index is 12.3. The summed E-state index contributed by atoms with van der Waals surface area (Å²) in [5.41, 5.74) is 0.559. The van der Waals surface area contributed by atoms with Gasteiger partial charge in [0.1, 0.15) is 0 Å². The quantitative estimate of drug-likeness (QED) is 0.892. The van der Waals surface area contributed by atoms with Crippen LogP contribution in [0.5, 0.6) is 0 Å². The second kappa shape index (κ2) is 6.65. The average Bonchev–Trinajstić information content (AvgIpc) is 2.47. The summed E-state index contributed by atoms with van der Waals surface area (Å²) >= 11 is 0. The van der Waals surface area contributed by atoms with Crippen molar-refractivity contribution >= 4 is 11.9 Å². The van der Waals surface area contributed by atoms with Crippen molar-refractivity contribution in [3.8, 4) is 0 Å². The molecule has 0 atom stereocenters. The SMILES string of the molecule is CCN1CCN(C(=O)c2cnc(NC(C)C)nc2)CC1. The normalized spacial score (nSPS) is 16.5. The Hall–Kier alpha value is -1.69. The van der Waals surface area contributed by atoms with Crippen LogP contribution in [0, 0.1) is 0 Å². The molecule has 1 aliphatic heterocycles. The molecule has 110 valence electrons. The van der Waals surface area contributed by atoms with E-state index in [0.29, 0.717) is 11.5 Å². The van der Waals surface area contributed by atoms with Gasteiger partial charge < -0.3 is 15.1 Å². The summed E-state index contributed by atoms with van der Waals surface area (Å²) in [6.45, 7) is 10.7. The van der Waals surface area contributed by atoms with E-state index < -0.39 is 0 Å². The van der Waals surface area contributed by atoms with E-state index in [2.05, 4.69) is 27.1 Å². The van der Waals surface area contributed by atoms with Crippen LogP contribution in [0.2, 0.25) is 0 Å². The van der Waals surface area contributed by atoms with Crippen LogP contribution in [0.25, 0.3) is 0 Å². The summed E-state index contributed by atoms with van der Waals surface area (Å²) in [6, 6.07) is 0.277. The van der Waals surface area contributed by atoms with Crippen molar-refractivity contribution in [1.82, 2.24) is 19.8 Å². The van der Waals surface area contributed by atoms with E-state index in [9.17, 15) is 4.79 Å². The van der Waals surface area contributed by atoms with Crippen LogP contribution in [0.4, 0.5) is 5.95 Å². The van der Waals surface area contributed by atoms with Gasteiger partial charge >= 0.3 is 0 Å². The van der Waals surface area contributed by atoms with Gasteiger partial charge in [0.25, 0.3) is 5.91 Å². The number of rotatable bonds is 4. The molecule has 0 saturated carbocycles. The Bertz CT molecular complexity index is 437. The molecule has 6 nitrogen and oxygen atoms in total. The Morgan fingerprint density at radius 1 is 1.25 bits per heavy atom. The Morgan fingerprint density at radius 2 is 1.85 bits per heavy atom. The molecule has 2 heterocycles. The molecule has 6 heteroatoms. The van der Waals surface area contributed by atoms with Gasteiger partial charge in [-0.25, -0.2) is 9.97 Å². The van der Waals surface area contributed by atoms with Crippen molar-refractivity contribution < 1.29 is 4.79 Å². The van der Waals surface area contributed by atoms with E-state index >= 15 is 0 Å². The average molecular weight is 277 g/mol. The van der Waals surface area contributed by atoms with Gasteiger partial charge in [-0.2, -0.15) is 0 Å². The first kappa shape index (κ1) is 14.7. The number of nitrogens with zero attached hydrogens (tertiary/aromatic N) is 4. The number of hydrogen-bond acceptors (Lipinski definition) is 5. The predicted octanol–water partition coefficient (Wildman–Crippen LogP) is 1.07. The summed E-state index contributed by atoms with van der Waals surface area (Å²) in [5, 5.41) is 3.11. The topological polar surface area (TPSA) is 61.4 Å². The zero-order chi connectivity index (χ0) is 14.5. The highest BCUT2D eigenvalue weighted by Crippen LogP contribution is 2.08. The van der Waals surface area contributed by atoms with Crippen molar-refractivity contribution in [2.75, 3.05) is 38.0 Å². The molecule has 0 aromatic carbocycles. The Morgan fingerprint density at radius 3 is 2.35 bits per heavy atom. The highest BCUT2D eigenvalue weighted by atomic mass is 16.2. The van der Waals surface area contributed by atoms with E-state index in [-0.39, 0.29) is 11.9 Å². The summed E-state index contributed by atoms with van der Waals surface area (Å²) in [6.07, 6.45) is 3.21. The summed E-state index contributed by atoms with van der Waals surface area (Å²) in [7, 11) is 0. The molecule has 0 bridgehead atoms. The van der Waals surface area contributed by atoms with Gasteiger partial charge in [-0.3, -0.25) is 4.79 Å². The number of likely N-dealkylation sites (N-methyl/N-ethyl adjacent to an activating group) is 1.